The number of hydrogen-bond acceptors (Lipinski definition) is 4. The third kappa shape index (κ3) is 3.74. The molecule has 2 aromatic carbocycles. The van der Waals surface area contributed by atoms with Gasteiger partial charge in [0.2, 0.25) is 0 Å². The van der Waals surface area contributed by atoms with Gasteiger partial charge in [-0.15, -0.1) is 11.3 Å². The Morgan fingerprint density at radius 3 is 2.73 bits per heavy atom. The number of anilines is 1. The van der Waals surface area contributed by atoms with E-state index in [0.717, 1.165) is 10.0 Å². The molecular formula is C17H14N2S3. The fourth-order valence-corrected chi connectivity index (χ4v) is 3.82. The van der Waals surface area contributed by atoms with Crippen molar-refractivity contribution in [2.45, 2.75) is 11.8 Å². The number of rotatable bonds is 3. The van der Waals surface area contributed by atoms with E-state index in [9.17, 15) is 0 Å². The van der Waals surface area contributed by atoms with Crippen molar-refractivity contribution in [2.75, 3.05) is 5.32 Å². The molecule has 110 valence electrons. The van der Waals surface area contributed by atoms with Gasteiger partial charge in [-0.3, -0.25) is 0 Å². The summed E-state index contributed by atoms with van der Waals surface area (Å²) in [6.45, 7) is 2.13. The Balaban J connectivity index is 1.79. The van der Waals surface area contributed by atoms with E-state index >= 15 is 0 Å². The molecule has 0 fully saturated rings. The van der Waals surface area contributed by atoms with Gasteiger partial charge in [-0.2, -0.15) is 0 Å². The first kappa shape index (κ1) is 15.2. The van der Waals surface area contributed by atoms with Gasteiger partial charge in [-0.05, 0) is 35.7 Å². The van der Waals surface area contributed by atoms with Crippen LogP contribution in [0.3, 0.4) is 0 Å². The average Bonchev–Trinajstić information content (AvgIpc) is 3.03. The van der Waals surface area contributed by atoms with Crippen molar-refractivity contribution >= 4 is 44.8 Å². The first-order chi connectivity index (χ1) is 10.7. The lowest BCUT2D eigenvalue weighted by atomic mass is 10.0. The Morgan fingerprint density at radius 2 is 2.00 bits per heavy atom. The molecule has 0 bridgehead atoms. The number of thiocarbonyl (C=S) groups is 1. The predicted molar refractivity (Wildman–Crippen MR) is 101 cm³/mol. The van der Waals surface area contributed by atoms with Gasteiger partial charge in [0.1, 0.15) is 4.32 Å². The average molecular weight is 343 g/mol. The van der Waals surface area contributed by atoms with Crippen LogP contribution in [0.4, 0.5) is 5.13 Å². The van der Waals surface area contributed by atoms with Crippen LogP contribution in [0, 0.1) is 6.92 Å². The molecule has 0 aliphatic carbocycles. The molecule has 22 heavy (non-hydrogen) atoms. The Kier molecular flexibility index (Phi) is 4.87. The van der Waals surface area contributed by atoms with Crippen LogP contribution in [-0.4, -0.2) is 9.30 Å². The molecule has 0 amide bonds. The molecule has 1 aromatic heterocycles. The summed E-state index contributed by atoms with van der Waals surface area (Å²) < 4.78 is 0.706. The highest BCUT2D eigenvalue weighted by Crippen LogP contribution is 2.30. The van der Waals surface area contributed by atoms with Gasteiger partial charge >= 0.3 is 0 Å². The van der Waals surface area contributed by atoms with E-state index in [-0.39, 0.29) is 0 Å². The van der Waals surface area contributed by atoms with Crippen LogP contribution in [0.5, 0.6) is 0 Å². The number of benzene rings is 2. The minimum atomic E-state index is 0.706. The lowest BCUT2D eigenvalue weighted by molar-refractivity contribution is 1.38. The van der Waals surface area contributed by atoms with Crippen LogP contribution in [-0.2, 0) is 0 Å². The summed E-state index contributed by atoms with van der Waals surface area (Å²) in [5.74, 6) is 0. The van der Waals surface area contributed by atoms with E-state index in [1.54, 1.807) is 29.3 Å². The molecule has 5 heteroatoms. The summed E-state index contributed by atoms with van der Waals surface area (Å²) >= 11 is 8.48. The van der Waals surface area contributed by atoms with Gasteiger partial charge in [-0.1, -0.05) is 60.4 Å². The molecule has 0 spiro atoms. The number of thiazole rings is 1. The van der Waals surface area contributed by atoms with E-state index in [1.807, 2.05) is 11.4 Å². The van der Waals surface area contributed by atoms with Crippen LogP contribution >= 0.6 is 35.3 Å². The molecule has 0 aliphatic heterocycles. The van der Waals surface area contributed by atoms with Crippen molar-refractivity contribution in [3.63, 3.8) is 0 Å². The summed E-state index contributed by atoms with van der Waals surface area (Å²) in [6.07, 6.45) is 1.76. The summed E-state index contributed by atoms with van der Waals surface area (Å²) in [4.78, 5) is 5.31. The molecule has 0 saturated heterocycles. The van der Waals surface area contributed by atoms with E-state index < -0.39 is 0 Å². The Hall–Kier alpha value is -1.69. The Morgan fingerprint density at radius 1 is 1.18 bits per heavy atom. The molecule has 1 heterocycles. The van der Waals surface area contributed by atoms with Crippen LogP contribution in [0.1, 0.15) is 5.56 Å². The number of thioether (sulfide) groups is 1. The van der Waals surface area contributed by atoms with E-state index in [2.05, 4.69) is 59.7 Å². The topological polar surface area (TPSA) is 24.9 Å². The Labute approximate surface area is 143 Å². The highest BCUT2D eigenvalue weighted by molar-refractivity contribution is 8.23. The second-order valence-electron chi connectivity index (χ2n) is 4.69. The first-order valence-corrected chi connectivity index (χ1v) is 8.87. The second kappa shape index (κ2) is 7.05. The number of nitrogens with zero attached hydrogens (tertiary/aromatic N) is 1. The minimum absolute atomic E-state index is 0.706. The van der Waals surface area contributed by atoms with Gasteiger partial charge in [-0.25, -0.2) is 4.98 Å². The predicted octanol–water partition coefficient (Wildman–Crippen LogP) is 5.61. The highest BCUT2D eigenvalue weighted by atomic mass is 32.2. The zero-order valence-electron chi connectivity index (χ0n) is 11.9. The normalized spacial score (nSPS) is 10.4. The molecule has 0 saturated carbocycles. The smallest absolute Gasteiger partial charge is 0.188 e. The second-order valence-corrected chi connectivity index (χ2v) is 7.34. The number of aryl methyl sites for hydroxylation is 1. The maximum Gasteiger partial charge on any atom is 0.188 e. The summed E-state index contributed by atoms with van der Waals surface area (Å²) in [6, 6.07) is 16.8. The fraction of sp³-hybridized carbons (Fsp3) is 0.0588. The quantitative estimate of drug-likeness (QED) is 0.494. The van der Waals surface area contributed by atoms with Gasteiger partial charge in [0.05, 0.1) is 0 Å². The molecule has 0 radical (unpaired) electrons. The maximum atomic E-state index is 5.40. The summed E-state index contributed by atoms with van der Waals surface area (Å²) in [5.41, 5.74) is 3.72. The zero-order chi connectivity index (χ0) is 15.4. The lowest BCUT2D eigenvalue weighted by Crippen LogP contribution is -2.03. The van der Waals surface area contributed by atoms with Crippen LogP contribution in [0.2, 0.25) is 0 Å². The van der Waals surface area contributed by atoms with E-state index in [1.165, 1.54) is 16.7 Å². The number of aromatic nitrogens is 1. The molecule has 1 N–H and O–H groups in total. The molecule has 2 nitrogen and oxygen atoms in total. The van der Waals surface area contributed by atoms with Crippen molar-refractivity contribution in [1.82, 2.24) is 4.98 Å². The van der Waals surface area contributed by atoms with Crippen molar-refractivity contribution < 1.29 is 0 Å². The SMILES string of the molecule is Cc1ccc(SC(=S)Nc2nccs2)cc1-c1ccccc1. The summed E-state index contributed by atoms with van der Waals surface area (Å²) in [7, 11) is 0. The minimum Gasteiger partial charge on any atom is -0.317 e. The molecule has 3 rings (SSSR count). The molecule has 0 aliphatic rings. The molecular weight excluding hydrogens is 328 g/mol. The van der Waals surface area contributed by atoms with Crippen molar-refractivity contribution in [2.24, 2.45) is 0 Å². The third-order valence-corrected chi connectivity index (χ3v) is 4.96. The van der Waals surface area contributed by atoms with Gasteiger partial charge in [0.15, 0.2) is 5.13 Å². The van der Waals surface area contributed by atoms with Crippen molar-refractivity contribution in [3.05, 3.63) is 65.7 Å². The van der Waals surface area contributed by atoms with Gasteiger partial charge < -0.3 is 5.32 Å². The Bertz CT molecular complexity index is 768. The largest absolute Gasteiger partial charge is 0.317 e. The fourth-order valence-electron chi connectivity index (χ4n) is 2.10. The van der Waals surface area contributed by atoms with E-state index in [4.69, 9.17) is 12.2 Å². The first-order valence-electron chi connectivity index (χ1n) is 6.77. The number of hydrogen-bond donors (Lipinski definition) is 1. The standard InChI is InChI=1S/C17H14N2S3/c1-12-7-8-14(11-15(12)13-5-3-2-4-6-13)22-17(20)19-16-18-9-10-21-16/h2-11H,1H3,(H,18,19,20). The van der Waals surface area contributed by atoms with Gasteiger partial charge in [0, 0.05) is 16.5 Å². The third-order valence-electron chi connectivity index (χ3n) is 3.15. The maximum absolute atomic E-state index is 5.40. The van der Waals surface area contributed by atoms with E-state index in [0.29, 0.717) is 4.32 Å². The highest BCUT2D eigenvalue weighted by Gasteiger charge is 2.07. The van der Waals surface area contributed by atoms with Crippen molar-refractivity contribution in [3.8, 4) is 11.1 Å². The van der Waals surface area contributed by atoms with Crippen LogP contribution in [0.25, 0.3) is 11.1 Å². The molecule has 0 unspecified atom stereocenters. The summed E-state index contributed by atoms with van der Waals surface area (Å²) in [5, 5.41) is 5.90. The van der Waals surface area contributed by atoms with Crippen LogP contribution in [0.15, 0.2) is 65.0 Å². The monoisotopic (exact) mass is 342 g/mol. The molecule has 0 atom stereocenters. The van der Waals surface area contributed by atoms with Gasteiger partial charge in [0.25, 0.3) is 0 Å². The molecule has 3 aromatic rings. The lowest BCUT2D eigenvalue weighted by Gasteiger charge is -2.10. The van der Waals surface area contributed by atoms with Crippen molar-refractivity contribution in [1.29, 1.82) is 0 Å². The van der Waals surface area contributed by atoms with Crippen LogP contribution < -0.4 is 5.32 Å². The number of nitrogens with one attached hydrogen (secondary N) is 1. The zero-order valence-corrected chi connectivity index (χ0v) is 14.4.